The molecule has 2 aromatic rings. The summed E-state index contributed by atoms with van der Waals surface area (Å²) in [6.45, 7) is 6.57. The molecule has 0 saturated heterocycles. The SMILES string of the molecule is COc1cc(Cl)c(C)cc1NC(=O)c1cccc(C(=O)NCCC(C)C)n1. The number of benzene rings is 1. The molecule has 0 atom stereocenters. The lowest BCUT2D eigenvalue weighted by molar-refractivity contribution is 0.0947. The minimum atomic E-state index is -0.438. The third-order valence-corrected chi connectivity index (χ3v) is 4.36. The van der Waals surface area contributed by atoms with Gasteiger partial charge in [-0.3, -0.25) is 9.59 Å². The van der Waals surface area contributed by atoms with Crippen LogP contribution < -0.4 is 15.4 Å². The van der Waals surface area contributed by atoms with Crippen LogP contribution in [0.1, 0.15) is 46.8 Å². The minimum Gasteiger partial charge on any atom is -0.495 e. The van der Waals surface area contributed by atoms with Crippen molar-refractivity contribution in [3.63, 3.8) is 0 Å². The van der Waals surface area contributed by atoms with Crippen molar-refractivity contribution in [1.29, 1.82) is 0 Å². The van der Waals surface area contributed by atoms with Crippen molar-refractivity contribution in [2.75, 3.05) is 19.0 Å². The third kappa shape index (κ3) is 5.69. The zero-order valence-corrected chi connectivity index (χ0v) is 16.7. The Morgan fingerprint density at radius 1 is 1.19 bits per heavy atom. The van der Waals surface area contributed by atoms with Gasteiger partial charge in [0.05, 0.1) is 12.8 Å². The fourth-order valence-corrected chi connectivity index (χ4v) is 2.52. The van der Waals surface area contributed by atoms with Gasteiger partial charge in [-0.1, -0.05) is 31.5 Å². The van der Waals surface area contributed by atoms with E-state index in [-0.39, 0.29) is 17.3 Å². The molecule has 2 rings (SSSR count). The smallest absolute Gasteiger partial charge is 0.274 e. The Morgan fingerprint density at radius 3 is 2.48 bits per heavy atom. The van der Waals surface area contributed by atoms with Crippen LogP contribution in [0.3, 0.4) is 0 Å². The van der Waals surface area contributed by atoms with Gasteiger partial charge in [0.25, 0.3) is 11.8 Å². The molecule has 0 aliphatic carbocycles. The summed E-state index contributed by atoms with van der Waals surface area (Å²) in [7, 11) is 1.50. The molecule has 1 aromatic carbocycles. The van der Waals surface area contributed by atoms with E-state index in [1.54, 1.807) is 30.3 Å². The summed E-state index contributed by atoms with van der Waals surface area (Å²) in [6.07, 6.45) is 0.877. The molecule has 0 aliphatic heterocycles. The van der Waals surface area contributed by atoms with Crippen LogP contribution in [0.2, 0.25) is 5.02 Å². The number of nitrogens with one attached hydrogen (secondary N) is 2. The molecular weight excluding hydrogens is 366 g/mol. The van der Waals surface area contributed by atoms with Gasteiger partial charge in [0.2, 0.25) is 0 Å². The summed E-state index contributed by atoms with van der Waals surface area (Å²) in [6, 6.07) is 8.12. The maximum absolute atomic E-state index is 12.6. The van der Waals surface area contributed by atoms with Crippen molar-refractivity contribution in [3.8, 4) is 5.75 Å². The summed E-state index contributed by atoms with van der Waals surface area (Å²) in [5, 5.41) is 6.11. The maximum Gasteiger partial charge on any atom is 0.274 e. The van der Waals surface area contributed by atoms with Gasteiger partial charge in [-0.15, -0.1) is 0 Å². The van der Waals surface area contributed by atoms with Crippen LogP contribution in [0, 0.1) is 12.8 Å². The Labute approximate surface area is 164 Å². The molecule has 0 radical (unpaired) electrons. The first kappa shape index (κ1) is 20.7. The van der Waals surface area contributed by atoms with Crippen LogP contribution in [0.4, 0.5) is 5.69 Å². The Kier molecular flexibility index (Phi) is 7.19. The average molecular weight is 390 g/mol. The number of carbonyl (C=O) groups excluding carboxylic acids is 2. The molecule has 0 spiro atoms. The van der Waals surface area contributed by atoms with Crippen molar-refractivity contribution >= 4 is 29.1 Å². The van der Waals surface area contributed by atoms with Gasteiger partial charge < -0.3 is 15.4 Å². The zero-order valence-electron chi connectivity index (χ0n) is 15.9. The first-order valence-corrected chi connectivity index (χ1v) is 9.10. The minimum absolute atomic E-state index is 0.140. The highest BCUT2D eigenvalue weighted by Gasteiger charge is 2.15. The van der Waals surface area contributed by atoms with Crippen LogP contribution in [-0.2, 0) is 0 Å². The molecule has 7 heteroatoms. The lowest BCUT2D eigenvalue weighted by Crippen LogP contribution is -2.27. The van der Waals surface area contributed by atoms with Crippen molar-refractivity contribution in [1.82, 2.24) is 10.3 Å². The summed E-state index contributed by atoms with van der Waals surface area (Å²) in [4.78, 5) is 28.9. The van der Waals surface area contributed by atoms with Crippen LogP contribution in [-0.4, -0.2) is 30.5 Å². The van der Waals surface area contributed by atoms with Gasteiger partial charge >= 0.3 is 0 Å². The van der Waals surface area contributed by atoms with E-state index in [1.807, 2.05) is 6.92 Å². The number of halogens is 1. The standard InChI is InChI=1S/C20H24ClN3O3/c1-12(2)8-9-22-19(25)15-6-5-7-16(23-15)20(26)24-17-10-13(3)14(21)11-18(17)27-4/h5-7,10-12H,8-9H2,1-4H3,(H,22,25)(H,24,26). The predicted octanol–water partition coefficient (Wildman–Crippen LogP) is 4.08. The molecule has 6 nitrogen and oxygen atoms in total. The molecule has 1 aromatic heterocycles. The molecule has 144 valence electrons. The molecular formula is C20H24ClN3O3. The topological polar surface area (TPSA) is 80.3 Å². The van der Waals surface area contributed by atoms with Gasteiger partial charge in [-0.25, -0.2) is 4.98 Å². The number of ether oxygens (including phenoxy) is 1. The number of carbonyl (C=O) groups is 2. The normalized spacial score (nSPS) is 10.6. The number of aromatic nitrogens is 1. The Morgan fingerprint density at radius 2 is 1.85 bits per heavy atom. The number of hydrogen-bond acceptors (Lipinski definition) is 4. The van der Waals surface area contributed by atoms with E-state index in [0.29, 0.717) is 28.9 Å². The Hall–Kier alpha value is -2.60. The highest BCUT2D eigenvalue weighted by Crippen LogP contribution is 2.31. The van der Waals surface area contributed by atoms with Crippen molar-refractivity contribution < 1.29 is 14.3 Å². The van der Waals surface area contributed by atoms with Gasteiger partial charge in [0.1, 0.15) is 17.1 Å². The van der Waals surface area contributed by atoms with Gasteiger partial charge in [-0.2, -0.15) is 0 Å². The second kappa shape index (κ2) is 9.37. The maximum atomic E-state index is 12.6. The Bertz CT molecular complexity index is 837. The molecule has 0 bridgehead atoms. The monoisotopic (exact) mass is 389 g/mol. The van der Waals surface area contributed by atoms with Crippen molar-refractivity contribution in [3.05, 3.63) is 52.3 Å². The van der Waals surface area contributed by atoms with Gasteiger partial charge in [0.15, 0.2) is 0 Å². The fraction of sp³-hybridized carbons (Fsp3) is 0.350. The number of hydrogen-bond donors (Lipinski definition) is 2. The van der Waals surface area contributed by atoms with E-state index in [0.717, 1.165) is 12.0 Å². The van der Waals surface area contributed by atoms with Gasteiger partial charge in [0, 0.05) is 17.6 Å². The van der Waals surface area contributed by atoms with Crippen LogP contribution in [0.5, 0.6) is 5.75 Å². The number of rotatable bonds is 7. The third-order valence-electron chi connectivity index (χ3n) is 3.95. The predicted molar refractivity (Wildman–Crippen MR) is 107 cm³/mol. The number of aryl methyl sites for hydroxylation is 1. The largest absolute Gasteiger partial charge is 0.495 e. The lowest BCUT2D eigenvalue weighted by atomic mass is 10.1. The first-order valence-electron chi connectivity index (χ1n) is 8.72. The summed E-state index contributed by atoms with van der Waals surface area (Å²) in [5.41, 5.74) is 1.63. The van der Waals surface area contributed by atoms with E-state index >= 15 is 0 Å². The van der Waals surface area contributed by atoms with E-state index in [2.05, 4.69) is 29.5 Å². The number of amides is 2. The molecule has 2 amide bonds. The second-order valence-corrected chi connectivity index (χ2v) is 7.01. The molecule has 2 N–H and O–H groups in total. The Balaban J connectivity index is 2.14. The van der Waals surface area contributed by atoms with Crippen LogP contribution in [0.15, 0.2) is 30.3 Å². The zero-order chi connectivity index (χ0) is 20.0. The quantitative estimate of drug-likeness (QED) is 0.747. The molecule has 0 saturated carbocycles. The summed E-state index contributed by atoms with van der Waals surface area (Å²) in [5.74, 6) is 0.201. The van der Waals surface area contributed by atoms with E-state index < -0.39 is 5.91 Å². The fourth-order valence-electron chi connectivity index (χ4n) is 2.37. The molecule has 0 aliphatic rings. The summed E-state index contributed by atoms with van der Waals surface area (Å²) < 4.78 is 5.26. The molecule has 27 heavy (non-hydrogen) atoms. The number of methoxy groups -OCH3 is 1. The van der Waals surface area contributed by atoms with Crippen LogP contribution >= 0.6 is 11.6 Å². The van der Waals surface area contributed by atoms with E-state index in [9.17, 15) is 9.59 Å². The van der Waals surface area contributed by atoms with Crippen molar-refractivity contribution in [2.45, 2.75) is 27.2 Å². The number of anilines is 1. The van der Waals surface area contributed by atoms with E-state index in [1.165, 1.54) is 7.11 Å². The summed E-state index contributed by atoms with van der Waals surface area (Å²) >= 11 is 6.09. The van der Waals surface area contributed by atoms with Crippen LogP contribution in [0.25, 0.3) is 0 Å². The number of nitrogens with zero attached hydrogens (tertiary/aromatic N) is 1. The molecule has 0 fully saturated rings. The first-order chi connectivity index (χ1) is 12.8. The lowest BCUT2D eigenvalue weighted by Gasteiger charge is -2.12. The highest BCUT2D eigenvalue weighted by molar-refractivity contribution is 6.31. The van der Waals surface area contributed by atoms with Crippen molar-refractivity contribution in [2.24, 2.45) is 5.92 Å². The average Bonchev–Trinajstić information content (AvgIpc) is 2.64. The van der Waals surface area contributed by atoms with E-state index in [4.69, 9.17) is 16.3 Å². The molecule has 1 heterocycles. The molecule has 0 unspecified atom stereocenters. The number of pyridine rings is 1. The van der Waals surface area contributed by atoms with Gasteiger partial charge in [-0.05, 0) is 43.0 Å². The second-order valence-electron chi connectivity index (χ2n) is 6.60. The highest BCUT2D eigenvalue weighted by atomic mass is 35.5.